The Bertz CT molecular complexity index is 341. The standard InChI is InChI=1S/C11H15N2O.2Li/c1-9-6-4-5-7-10(9)8-12-11(14)13(2)3;;/h4-7H,1,8H2,2-3H3,(H,12,14);;/q-1;2*+1/p-1. The Morgan fingerprint density at radius 2 is 1.88 bits per heavy atom. The summed E-state index contributed by atoms with van der Waals surface area (Å²) in [5, 5.41) is 11.2. The van der Waals surface area contributed by atoms with Gasteiger partial charge in [0.25, 0.3) is 0 Å². The van der Waals surface area contributed by atoms with Crippen LogP contribution < -0.4 is 42.8 Å². The van der Waals surface area contributed by atoms with E-state index in [1.54, 1.807) is 14.1 Å². The summed E-state index contributed by atoms with van der Waals surface area (Å²) in [6.45, 7) is 4.26. The molecule has 0 aliphatic heterocycles. The third-order valence-electron chi connectivity index (χ3n) is 1.89. The summed E-state index contributed by atoms with van der Waals surface area (Å²) in [5.74, 6) is 0. The third-order valence-corrected chi connectivity index (χ3v) is 1.89. The zero-order valence-corrected chi connectivity index (χ0v) is 10.5. The first-order valence-corrected chi connectivity index (χ1v) is 4.40. The van der Waals surface area contributed by atoms with Gasteiger partial charge in [0.2, 0.25) is 0 Å². The number of benzene rings is 1. The molecule has 0 spiro atoms. The molecule has 0 aromatic heterocycles. The summed E-state index contributed by atoms with van der Waals surface area (Å²) in [7, 11) is 3.36. The number of amidine groups is 1. The minimum Gasteiger partial charge on any atom is -0.846 e. The molecule has 0 unspecified atom stereocenters. The largest absolute Gasteiger partial charge is 1.00 e. The van der Waals surface area contributed by atoms with Crippen molar-refractivity contribution < 1.29 is 42.8 Å². The van der Waals surface area contributed by atoms with Crippen LogP contribution in [-0.4, -0.2) is 25.0 Å². The molecule has 16 heavy (non-hydrogen) atoms. The molecule has 0 heterocycles. The number of hydrogen-bond acceptors (Lipinski definition) is 2. The van der Waals surface area contributed by atoms with Gasteiger partial charge in [-0.2, -0.15) is 18.6 Å². The zero-order valence-electron chi connectivity index (χ0n) is 10.5. The fraction of sp³-hybridized carbons (Fsp3) is 0.273. The summed E-state index contributed by atoms with van der Waals surface area (Å²) >= 11 is 0. The van der Waals surface area contributed by atoms with Crippen molar-refractivity contribution >= 4 is 6.02 Å². The van der Waals surface area contributed by atoms with Crippen LogP contribution in [0.2, 0.25) is 0 Å². The molecule has 0 atom stereocenters. The van der Waals surface area contributed by atoms with Gasteiger partial charge in [0, 0.05) is 26.7 Å². The van der Waals surface area contributed by atoms with E-state index in [0.717, 1.165) is 11.1 Å². The second-order valence-corrected chi connectivity index (χ2v) is 3.26. The van der Waals surface area contributed by atoms with Gasteiger partial charge in [0.05, 0.1) is 0 Å². The van der Waals surface area contributed by atoms with E-state index >= 15 is 0 Å². The maximum absolute atomic E-state index is 11.2. The molecule has 76 valence electrons. The molecule has 0 saturated carbocycles. The fourth-order valence-electron chi connectivity index (χ4n) is 1.01. The van der Waals surface area contributed by atoms with Crippen molar-refractivity contribution in [2.45, 2.75) is 6.54 Å². The van der Waals surface area contributed by atoms with Gasteiger partial charge in [-0.25, -0.2) is 0 Å². The average Bonchev–Trinajstić information content (AvgIpc) is 2.16. The van der Waals surface area contributed by atoms with E-state index < -0.39 is 0 Å². The van der Waals surface area contributed by atoms with Gasteiger partial charge >= 0.3 is 37.7 Å². The SMILES string of the molecule is [CH2-]c1ccccc1CN=C([O-])N(C)C.[Li+].[Li+]. The molecule has 0 bridgehead atoms. The van der Waals surface area contributed by atoms with E-state index in [2.05, 4.69) is 11.9 Å². The van der Waals surface area contributed by atoms with E-state index in [1.807, 2.05) is 24.3 Å². The summed E-state index contributed by atoms with van der Waals surface area (Å²) in [6, 6.07) is 7.45. The molecule has 0 saturated heterocycles. The molecule has 1 aromatic carbocycles. The first kappa shape index (κ1) is 17.9. The van der Waals surface area contributed by atoms with Gasteiger partial charge in [-0.15, -0.1) is 17.7 Å². The average molecular weight is 204 g/mol. The first-order chi connectivity index (χ1) is 6.61. The smallest absolute Gasteiger partial charge is 0.846 e. The summed E-state index contributed by atoms with van der Waals surface area (Å²) < 4.78 is 0. The van der Waals surface area contributed by atoms with Crippen LogP contribution >= 0.6 is 0 Å². The van der Waals surface area contributed by atoms with Crippen LogP contribution in [0, 0.1) is 6.92 Å². The minimum atomic E-state index is -0.215. The van der Waals surface area contributed by atoms with Crippen LogP contribution in [0.25, 0.3) is 0 Å². The maximum atomic E-state index is 11.2. The van der Waals surface area contributed by atoms with Crippen molar-refractivity contribution in [3.8, 4) is 0 Å². The van der Waals surface area contributed by atoms with Gasteiger partial charge in [0.15, 0.2) is 0 Å². The van der Waals surface area contributed by atoms with Gasteiger partial charge < -0.3 is 10.0 Å². The number of hydrogen-bond donors (Lipinski definition) is 0. The molecule has 5 heteroatoms. The number of rotatable bonds is 2. The third kappa shape index (κ3) is 5.59. The van der Waals surface area contributed by atoms with Crippen molar-refractivity contribution in [3.05, 3.63) is 42.3 Å². The van der Waals surface area contributed by atoms with Crippen LogP contribution in [-0.2, 0) is 6.54 Å². The molecular formula is C11H14Li2N2O. The summed E-state index contributed by atoms with van der Waals surface area (Å²) in [4.78, 5) is 5.35. The topological polar surface area (TPSA) is 38.7 Å². The summed E-state index contributed by atoms with van der Waals surface area (Å²) in [5.41, 5.74) is 1.91. The molecule has 0 fully saturated rings. The normalized spacial score (nSPS) is 10.0. The van der Waals surface area contributed by atoms with Crippen LogP contribution in [0.15, 0.2) is 29.3 Å². The van der Waals surface area contributed by atoms with Crippen molar-refractivity contribution in [2.75, 3.05) is 14.1 Å². The molecule has 0 aliphatic carbocycles. The van der Waals surface area contributed by atoms with E-state index in [-0.39, 0.29) is 43.7 Å². The van der Waals surface area contributed by atoms with Crippen LogP contribution in [0.4, 0.5) is 0 Å². The van der Waals surface area contributed by atoms with Crippen LogP contribution in [0.3, 0.4) is 0 Å². The first-order valence-electron chi connectivity index (χ1n) is 4.40. The quantitative estimate of drug-likeness (QED) is 0.209. The second kappa shape index (κ2) is 8.68. The van der Waals surface area contributed by atoms with Gasteiger partial charge in [-0.3, -0.25) is 4.99 Å². The van der Waals surface area contributed by atoms with Gasteiger partial charge in [0.1, 0.15) is 0 Å². The number of nitrogens with zero attached hydrogens (tertiary/aromatic N) is 2. The molecule has 0 N–H and O–H groups in total. The molecule has 3 nitrogen and oxygen atoms in total. The Kier molecular flexibility index (Phi) is 9.73. The van der Waals surface area contributed by atoms with E-state index in [1.165, 1.54) is 4.90 Å². The monoisotopic (exact) mass is 204 g/mol. The molecule has 1 aromatic rings. The van der Waals surface area contributed by atoms with Crippen molar-refractivity contribution in [2.24, 2.45) is 4.99 Å². The van der Waals surface area contributed by atoms with Crippen molar-refractivity contribution in [3.63, 3.8) is 0 Å². The van der Waals surface area contributed by atoms with Gasteiger partial charge in [-0.05, 0) is 0 Å². The predicted molar refractivity (Wildman–Crippen MR) is 55.7 cm³/mol. The van der Waals surface area contributed by atoms with Gasteiger partial charge in [-0.1, -0.05) is 6.07 Å². The molecule has 1 rings (SSSR count). The molecule has 0 aliphatic rings. The predicted octanol–water partition coefficient (Wildman–Crippen LogP) is -5.35. The Balaban J connectivity index is 0. The Morgan fingerprint density at radius 3 is 2.38 bits per heavy atom. The van der Waals surface area contributed by atoms with Crippen molar-refractivity contribution in [1.29, 1.82) is 0 Å². The van der Waals surface area contributed by atoms with Crippen molar-refractivity contribution in [1.82, 2.24) is 4.90 Å². The van der Waals surface area contributed by atoms with E-state index in [4.69, 9.17) is 0 Å². The van der Waals surface area contributed by atoms with Crippen LogP contribution in [0.5, 0.6) is 0 Å². The Hall–Kier alpha value is -0.445. The number of aliphatic imine (C=N–C) groups is 1. The van der Waals surface area contributed by atoms with E-state index in [9.17, 15) is 5.11 Å². The summed E-state index contributed by atoms with van der Waals surface area (Å²) in [6.07, 6.45) is 0. The fourth-order valence-corrected chi connectivity index (χ4v) is 1.01. The maximum Gasteiger partial charge on any atom is 1.00 e. The molecule has 0 radical (unpaired) electrons. The minimum absolute atomic E-state index is 0. The Morgan fingerprint density at radius 1 is 1.31 bits per heavy atom. The zero-order chi connectivity index (χ0) is 10.6. The van der Waals surface area contributed by atoms with E-state index in [0.29, 0.717) is 6.54 Å². The molecule has 0 amide bonds. The second-order valence-electron chi connectivity index (χ2n) is 3.26. The van der Waals surface area contributed by atoms with Crippen LogP contribution in [0.1, 0.15) is 11.1 Å². The molecular weight excluding hydrogens is 190 g/mol. The Labute approximate surface area is 121 Å².